The summed E-state index contributed by atoms with van der Waals surface area (Å²) in [5.74, 6) is 0.643. The highest BCUT2D eigenvalue weighted by Crippen LogP contribution is 2.19. The van der Waals surface area contributed by atoms with E-state index in [-0.39, 0.29) is 12.5 Å². The van der Waals surface area contributed by atoms with Crippen LogP contribution in [0, 0.1) is 0 Å². The molecule has 0 unspecified atom stereocenters. The molecule has 0 aliphatic carbocycles. The van der Waals surface area contributed by atoms with E-state index in [0.717, 1.165) is 11.4 Å². The predicted molar refractivity (Wildman–Crippen MR) is 77.0 cm³/mol. The number of aromatic nitrogens is 2. The Morgan fingerprint density at radius 3 is 3.10 bits per heavy atom. The van der Waals surface area contributed by atoms with Crippen LogP contribution in [-0.4, -0.2) is 35.7 Å². The molecule has 1 aromatic heterocycles. The van der Waals surface area contributed by atoms with Gasteiger partial charge in [-0.25, -0.2) is 4.98 Å². The Hall–Kier alpha value is -2.34. The topological polar surface area (TPSA) is 82.2 Å². The molecule has 0 spiro atoms. The maximum Gasteiger partial charge on any atom is 0.240 e. The van der Waals surface area contributed by atoms with Crippen LogP contribution < -0.4 is 11.1 Å². The second-order valence-electron chi connectivity index (χ2n) is 4.35. The number of nitrogens with one attached hydrogen (secondary N) is 1. The van der Waals surface area contributed by atoms with Crippen LogP contribution in [0.5, 0.6) is 0 Å². The zero-order chi connectivity index (χ0) is 14.4. The summed E-state index contributed by atoms with van der Waals surface area (Å²) in [6.45, 7) is 1.21. The standard InChI is InChI=1S/C14H18N4O2/c1-20-8-6-16-13(19)10-18-7-5-17-14(18)11-3-2-4-12(15)9-11/h2-5,7,9H,6,8,10,15H2,1H3,(H,16,19). The van der Waals surface area contributed by atoms with Crippen molar-refractivity contribution in [3.63, 3.8) is 0 Å². The van der Waals surface area contributed by atoms with Crippen LogP contribution in [0.3, 0.4) is 0 Å². The van der Waals surface area contributed by atoms with Crippen molar-refractivity contribution in [2.45, 2.75) is 6.54 Å². The van der Waals surface area contributed by atoms with Gasteiger partial charge in [-0.1, -0.05) is 12.1 Å². The molecule has 0 aliphatic rings. The van der Waals surface area contributed by atoms with E-state index in [1.54, 1.807) is 24.1 Å². The lowest BCUT2D eigenvalue weighted by molar-refractivity contribution is -0.121. The Bertz CT molecular complexity index is 580. The van der Waals surface area contributed by atoms with E-state index in [1.807, 2.05) is 24.3 Å². The zero-order valence-electron chi connectivity index (χ0n) is 11.4. The first kappa shape index (κ1) is 14.1. The molecule has 106 valence electrons. The minimum atomic E-state index is -0.0785. The first-order valence-corrected chi connectivity index (χ1v) is 6.33. The third-order valence-electron chi connectivity index (χ3n) is 2.80. The van der Waals surface area contributed by atoms with E-state index in [1.165, 1.54) is 0 Å². The van der Waals surface area contributed by atoms with Crippen molar-refractivity contribution < 1.29 is 9.53 Å². The Kier molecular flexibility index (Phi) is 4.73. The van der Waals surface area contributed by atoms with Gasteiger partial charge in [0.1, 0.15) is 12.4 Å². The fourth-order valence-electron chi connectivity index (χ4n) is 1.88. The van der Waals surface area contributed by atoms with Gasteiger partial charge in [-0.2, -0.15) is 0 Å². The number of anilines is 1. The van der Waals surface area contributed by atoms with E-state index >= 15 is 0 Å². The minimum absolute atomic E-state index is 0.0785. The number of benzene rings is 1. The SMILES string of the molecule is COCCNC(=O)Cn1ccnc1-c1cccc(N)c1. The molecule has 1 aromatic carbocycles. The minimum Gasteiger partial charge on any atom is -0.399 e. The van der Waals surface area contributed by atoms with Crippen molar-refractivity contribution in [1.82, 2.24) is 14.9 Å². The third kappa shape index (κ3) is 3.58. The fourth-order valence-corrected chi connectivity index (χ4v) is 1.88. The fraction of sp³-hybridized carbons (Fsp3) is 0.286. The van der Waals surface area contributed by atoms with Crippen molar-refractivity contribution in [1.29, 1.82) is 0 Å². The molecule has 0 saturated carbocycles. The number of nitrogens with zero attached hydrogens (tertiary/aromatic N) is 2. The van der Waals surface area contributed by atoms with Crippen LogP contribution in [0.1, 0.15) is 0 Å². The lowest BCUT2D eigenvalue weighted by Gasteiger charge is -2.09. The van der Waals surface area contributed by atoms with Crippen LogP contribution in [0.4, 0.5) is 5.69 Å². The molecule has 0 atom stereocenters. The number of nitrogen functional groups attached to an aromatic ring is 1. The zero-order valence-corrected chi connectivity index (χ0v) is 11.4. The van der Waals surface area contributed by atoms with Gasteiger partial charge < -0.3 is 20.4 Å². The van der Waals surface area contributed by atoms with Crippen LogP contribution in [-0.2, 0) is 16.1 Å². The average Bonchev–Trinajstić information content (AvgIpc) is 2.87. The first-order valence-electron chi connectivity index (χ1n) is 6.33. The van der Waals surface area contributed by atoms with Gasteiger partial charge in [0.25, 0.3) is 0 Å². The van der Waals surface area contributed by atoms with Gasteiger partial charge in [0, 0.05) is 37.3 Å². The molecule has 0 saturated heterocycles. The molecule has 0 aliphatic heterocycles. The number of carbonyl (C=O) groups excluding carboxylic acids is 1. The van der Waals surface area contributed by atoms with Crippen LogP contribution >= 0.6 is 0 Å². The first-order chi connectivity index (χ1) is 9.70. The summed E-state index contributed by atoms with van der Waals surface area (Å²) in [6, 6.07) is 7.43. The number of amides is 1. The number of methoxy groups -OCH3 is 1. The Morgan fingerprint density at radius 2 is 2.35 bits per heavy atom. The normalized spacial score (nSPS) is 10.4. The van der Waals surface area contributed by atoms with Crippen molar-refractivity contribution in [2.24, 2.45) is 0 Å². The smallest absolute Gasteiger partial charge is 0.240 e. The number of hydrogen-bond donors (Lipinski definition) is 2. The highest BCUT2D eigenvalue weighted by molar-refractivity contribution is 5.76. The summed E-state index contributed by atoms with van der Waals surface area (Å²) in [6.07, 6.45) is 3.44. The summed E-state index contributed by atoms with van der Waals surface area (Å²) in [4.78, 5) is 16.1. The molecule has 6 nitrogen and oxygen atoms in total. The Morgan fingerprint density at radius 1 is 1.50 bits per heavy atom. The molecule has 0 fully saturated rings. The van der Waals surface area contributed by atoms with E-state index in [9.17, 15) is 4.79 Å². The molecule has 1 heterocycles. The monoisotopic (exact) mass is 274 g/mol. The number of ether oxygens (including phenoxy) is 1. The van der Waals surface area contributed by atoms with Gasteiger partial charge >= 0.3 is 0 Å². The van der Waals surface area contributed by atoms with Crippen LogP contribution in [0.2, 0.25) is 0 Å². The van der Waals surface area contributed by atoms with Gasteiger partial charge in [0.2, 0.25) is 5.91 Å². The summed E-state index contributed by atoms with van der Waals surface area (Å²) < 4.78 is 6.67. The molecule has 2 rings (SSSR count). The third-order valence-corrected chi connectivity index (χ3v) is 2.80. The van der Waals surface area contributed by atoms with Gasteiger partial charge in [0.15, 0.2) is 0 Å². The Labute approximate surface area is 117 Å². The van der Waals surface area contributed by atoms with Crippen LogP contribution in [0.25, 0.3) is 11.4 Å². The van der Waals surface area contributed by atoms with E-state index in [4.69, 9.17) is 10.5 Å². The molecule has 0 radical (unpaired) electrons. The summed E-state index contributed by atoms with van der Waals surface area (Å²) >= 11 is 0. The van der Waals surface area contributed by atoms with Crippen LogP contribution in [0.15, 0.2) is 36.7 Å². The van der Waals surface area contributed by atoms with Gasteiger partial charge in [0.05, 0.1) is 6.61 Å². The van der Waals surface area contributed by atoms with Crippen molar-refractivity contribution in [3.05, 3.63) is 36.7 Å². The molecular formula is C14H18N4O2. The highest BCUT2D eigenvalue weighted by Gasteiger charge is 2.09. The maximum atomic E-state index is 11.8. The quantitative estimate of drug-likeness (QED) is 0.605. The molecule has 0 bridgehead atoms. The number of hydrogen-bond acceptors (Lipinski definition) is 4. The molecule has 2 aromatic rings. The van der Waals surface area contributed by atoms with Crippen molar-refractivity contribution in [3.8, 4) is 11.4 Å². The lowest BCUT2D eigenvalue weighted by Crippen LogP contribution is -2.30. The number of carbonyl (C=O) groups is 1. The molecule has 3 N–H and O–H groups in total. The number of nitrogens with two attached hydrogens (primary N) is 1. The summed E-state index contributed by atoms with van der Waals surface area (Å²) in [5.41, 5.74) is 7.32. The molecule has 1 amide bonds. The largest absolute Gasteiger partial charge is 0.399 e. The van der Waals surface area contributed by atoms with Crippen molar-refractivity contribution in [2.75, 3.05) is 26.0 Å². The number of rotatable bonds is 6. The second-order valence-corrected chi connectivity index (χ2v) is 4.35. The molecular weight excluding hydrogens is 256 g/mol. The van der Waals surface area contributed by atoms with Gasteiger partial charge in [-0.15, -0.1) is 0 Å². The molecule has 6 heteroatoms. The van der Waals surface area contributed by atoms with E-state index < -0.39 is 0 Å². The Balaban J connectivity index is 2.07. The summed E-state index contributed by atoms with van der Waals surface area (Å²) in [7, 11) is 1.60. The second kappa shape index (κ2) is 6.72. The van der Waals surface area contributed by atoms with Gasteiger partial charge in [-0.05, 0) is 12.1 Å². The molecule has 20 heavy (non-hydrogen) atoms. The predicted octanol–water partition coefficient (Wildman–Crippen LogP) is 0.895. The van der Waals surface area contributed by atoms with Crippen molar-refractivity contribution >= 4 is 11.6 Å². The maximum absolute atomic E-state index is 11.8. The van der Waals surface area contributed by atoms with E-state index in [2.05, 4.69) is 10.3 Å². The highest BCUT2D eigenvalue weighted by atomic mass is 16.5. The van der Waals surface area contributed by atoms with Gasteiger partial charge in [-0.3, -0.25) is 4.79 Å². The average molecular weight is 274 g/mol. The summed E-state index contributed by atoms with van der Waals surface area (Å²) in [5, 5.41) is 2.77. The lowest BCUT2D eigenvalue weighted by atomic mass is 10.2. The van der Waals surface area contributed by atoms with E-state index in [0.29, 0.717) is 18.8 Å². The number of imidazole rings is 1.